The molecule has 5 rings (SSSR count). The van der Waals surface area contributed by atoms with Gasteiger partial charge in [-0.1, -0.05) is 30.3 Å². The first-order valence-corrected chi connectivity index (χ1v) is 10.6. The van der Waals surface area contributed by atoms with Gasteiger partial charge in [0.05, 0.1) is 22.8 Å². The molecule has 6 heteroatoms. The van der Waals surface area contributed by atoms with Crippen LogP contribution in [0, 0.1) is 5.82 Å². The fourth-order valence-electron chi connectivity index (χ4n) is 4.25. The number of nitrogens with zero attached hydrogens (tertiary/aromatic N) is 4. The van der Waals surface area contributed by atoms with Gasteiger partial charge in [0.1, 0.15) is 5.82 Å². The zero-order valence-corrected chi connectivity index (χ0v) is 17.5. The smallest absolute Gasteiger partial charge is 0.259 e. The number of amides is 1. The minimum Gasteiger partial charge on any atom is -0.308 e. The molecule has 0 atom stereocenters. The molecule has 31 heavy (non-hydrogen) atoms. The van der Waals surface area contributed by atoms with Gasteiger partial charge >= 0.3 is 0 Å². The lowest BCUT2D eigenvalue weighted by molar-refractivity contribution is 0.0986. The third-order valence-electron chi connectivity index (χ3n) is 5.76. The second-order valence-electron chi connectivity index (χ2n) is 8.17. The second kappa shape index (κ2) is 7.61. The number of carbonyl (C=O) groups excluding carboxylic acids is 1. The third kappa shape index (κ3) is 3.38. The SMILES string of the molecule is CC(C)n1ncc2c(C(=O)N3CCCc4cc(F)ccc43)cc(-c3ccccc3)nc21. The first-order chi connectivity index (χ1) is 15.0. The maximum Gasteiger partial charge on any atom is 0.259 e. The number of pyridine rings is 1. The Labute approximate surface area is 180 Å². The van der Waals surface area contributed by atoms with E-state index in [9.17, 15) is 9.18 Å². The Hall–Kier alpha value is -3.54. The average molecular weight is 414 g/mol. The summed E-state index contributed by atoms with van der Waals surface area (Å²) < 4.78 is 15.6. The lowest BCUT2D eigenvalue weighted by Gasteiger charge is -2.30. The van der Waals surface area contributed by atoms with Crippen LogP contribution in [0.5, 0.6) is 0 Å². The van der Waals surface area contributed by atoms with E-state index in [0.717, 1.165) is 40.7 Å². The number of rotatable bonds is 3. The van der Waals surface area contributed by atoms with Gasteiger partial charge in [0.15, 0.2) is 5.65 Å². The third-order valence-corrected chi connectivity index (χ3v) is 5.76. The van der Waals surface area contributed by atoms with Gasteiger partial charge in [0, 0.05) is 23.8 Å². The molecule has 0 saturated carbocycles. The Kier molecular flexibility index (Phi) is 4.77. The maximum atomic E-state index is 13.8. The van der Waals surface area contributed by atoms with Crippen LogP contribution in [0.15, 0.2) is 60.8 Å². The summed E-state index contributed by atoms with van der Waals surface area (Å²) in [6, 6.07) is 16.4. The number of hydrogen-bond acceptors (Lipinski definition) is 3. The molecule has 1 amide bonds. The summed E-state index contributed by atoms with van der Waals surface area (Å²) >= 11 is 0. The van der Waals surface area contributed by atoms with Crippen LogP contribution in [0.3, 0.4) is 0 Å². The molecule has 1 aliphatic rings. The van der Waals surface area contributed by atoms with E-state index in [-0.39, 0.29) is 17.8 Å². The number of hydrogen-bond donors (Lipinski definition) is 0. The van der Waals surface area contributed by atoms with E-state index in [1.165, 1.54) is 12.1 Å². The summed E-state index contributed by atoms with van der Waals surface area (Å²) in [6.07, 6.45) is 3.29. The van der Waals surface area contributed by atoms with E-state index in [4.69, 9.17) is 4.98 Å². The lowest BCUT2D eigenvalue weighted by atomic mass is 9.99. The van der Waals surface area contributed by atoms with E-state index < -0.39 is 0 Å². The molecular weight excluding hydrogens is 391 g/mol. The summed E-state index contributed by atoms with van der Waals surface area (Å²) in [5.74, 6) is -0.385. The van der Waals surface area contributed by atoms with Crippen LogP contribution in [0.25, 0.3) is 22.3 Å². The van der Waals surface area contributed by atoms with Crippen molar-refractivity contribution in [3.63, 3.8) is 0 Å². The second-order valence-corrected chi connectivity index (χ2v) is 8.17. The van der Waals surface area contributed by atoms with Crippen LogP contribution in [0.4, 0.5) is 10.1 Å². The molecular formula is C25H23FN4O. The lowest BCUT2D eigenvalue weighted by Crippen LogP contribution is -2.35. The molecule has 2 aromatic carbocycles. The largest absolute Gasteiger partial charge is 0.308 e. The van der Waals surface area contributed by atoms with Crippen molar-refractivity contribution in [3.8, 4) is 11.3 Å². The van der Waals surface area contributed by atoms with Crippen LogP contribution in [0.2, 0.25) is 0 Å². The molecule has 3 heterocycles. The summed E-state index contributed by atoms with van der Waals surface area (Å²) in [4.78, 5) is 20.4. The van der Waals surface area contributed by atoms with Crippen molar-refractivity contribution in [2.75, 3.05) is 11.4 Å². The monoisotopic (exact) mass is 414 g/mol. The Morgan fingerprint density at radius 3 is 2.68 bits per heavy atom. The van der Waals surface area contributed by atoms with Crippen LogP contribution < -0.4 is 4.90 Å². The molecule has 0 saturated heterocycles. The number of fused-ring (bicyclic) bond motifs is 2. The van der Waals surface area contributed by atoms with E-state index >= 15 is 0 Å². The van der Waals surface area contributed by atoms with Gasteiger partial charge in [-0.05, 0) is 56.5 Å². The van der Waals surface area contributed by atoms with Gasteiger partial charge in [-0.3, -0.25) is 4.79 Å². The maximum absolute atomic E-state index is 13.8. The molecule has 156 valence electrons. The highest BCUT2D eigenvalue weighted by molar-refractivity contribution is 6.14. The number of halogens is 1. The number of aromatic nitrogens is 3. The summed E-state index contributed by atoms with van der Waals surface area (Å²) in [5.41, 5.74) is 4.57. The highest BCUT2D eigenvalue weighted by Crippen LogP contribution is 2.32. The van der Waals surface area contributed by atoms with Gasteiger partial charge in [0.25, 0.3) is 5.91 Å². The molecule has 0 radical (unpaired) electrons. The molecule has 0 spiro atoms. The molecule has 0 fully saturated rings. The van der Waals surface area contributed by atoms with Crippen LogP contribution >= 0.6 is 0 Å². The summed E-state index contributed by atoms with van der Waals surface area (Å²) in [6.45, 7) is 4.68. The van der Waals surface area contributed by atoms with Crippen molar-refractivity contribution in [1.29, 1.82) is 0 Å². The van der Waals surface area contributed by atoms with Crippen molar-refractivity contribution in [1.82, 2.24) is 14.8 Å². The number of carbonyl (C=O) groups is 1. The van der Waals surface area contributed by atoms with Crippen LogP contribution in [-0.2, 0) is 6.42 Å². The number of anilines is 1. The number of benzene rings is 2. The normalized spacial score (nSPS) is 13.6. The average Bonchev–Trinajstić information content (AvgIpc) is 3.22. The van der Waals surface area contributed by atoms with Crippen molar-refractivity contribution in [2.24, 2.45) is 0 Å². The van der Waals surface area contributed by atoms with Gasteiger partial charge in [0.2, 0.25) is 0 Å². The van der Waals surface area contributed by atoms with Crippen molar-refractivity contribution >= 4 is 22.6 Å². The van der Waals surface area contributed by atoms with Crippen LogP contribution in [0.1, 0.15) is 42.2 Å². The Morgan fingerprint density at radius 1 is 1.10 bits per heavy atom. The molecule has 1 aliphatic heterocycles. The topological polar surface area (TPSA) is 51.0 Å². The minimum absolute atomic E-state index is 0.109. The van der Waals surface area contributed by atoms with E-state index in [2.05, 4.69) is 5.10 Å². The fourth-order valence-corrected chi connectivity index (χ4v) is 4.25. The van der Waals surface area contributed by atoms with Crippen LogP contribution in [-0.4, -0.2) is 27.2 Å². The predicted molar refractivity (Wildman–Crippen MR) is 120 cm³/mol. The molecule has 0 N–H and O–H groups in total. The molecule has 4 aromatic rings. The highest BCUT2D eigenvalue weighted by atomic mass is 19.1. The van der Waals surface area contributed by atoms with E-state index in [1.54, 1.807) is 17.2 Å². The standard InChI is InChI=1S/C25H23FN4O/c1-16(2)30-24-21(15-27-30)20(14-22(28-24)17-7-4-3-5-8-17)25(31)29-12-6-9-18-13-19(26)10-11-23(18)29/h3-5,7-8,10-11,13-16H,6,9,12H2,1-2H3. The molecule has 0 aliphatic carbocycles. The number of aryl methyl sites for hydroxylation is 1. The highest BCUT2D eigenvalue weighted by Gasteiger charge is 2.27. The predicted octanol–water partition coefficient (Wildman–Crippen LogP) is 5.41. The first kappa shape index (κ1) is 19.4. The fraction of sp³-hybridized carbons (Fsp3) is 0.240. The van der Waals surface area contributed by atoms with Crippen molar-refractivity contribution < 1.29 is 9.18 Å². The van der Waals surface area contributed by atoms with Crippen molar-refractivity contribution in [3.05, 3.63) is 77.7 Å². The minimum atomic E-state index is -0.274. The van der Waals surface area contributed by atoms with E-state index in [0.29, 0.717) is 17.8 Å². The molecule has 0 bridgehead atoms. The summed E-state index contributed by atoms with van der Waals surface area (Å²) in [7, 11) is 0. The Morgan fingerprint density at radius 2 is 1.90 bits per heavy atom. The zero-order chi connectivity index (χ0) is 21.5. The Balaban J connectivity index is 1.69. The summed E-state index contributed by atoms with van der Waals surface area (Å²) in [5, 5.41) is 5.24. The first-order valence-electron chi connectivity index (χ1n) is 10.6. The zero-order valence-electron chi connectivity index (χ0n) is 17.5. The van der Waals surface area contributed by atoms with Gasteiger partial charge in [-0.25, -0.2) is 14.1 Å². The van der Waals surface area contributed by atoms with Gasteiger partial charge in [-0.15, -0.1) is 0 Å². The van der Waals surface area contributed by atoms with E-state index in [1.807, 2.05) is 54.9 Å². The molecule has 0 unspecified atom stereocenters. The molecule has 2 aromatic heterocycles. The van der Waals surface area contributed by atoms with Gasteiger partial charge < -0.3 is 4.90 Å². The van der Waals surface area contributed by atoms with Crippen molar-refractivity contribution in [2.45, 2.75) is 32.7 Å². The quantitative estimate of drug-likeness (QED) is 0.450. The van der Waals surface area contributed by atoms with Gasteiger partial charge in [-0.2, -0.15) is 5.10 Å². The Bertz CT molecular complexity index is 1280. The molecule has 5 nitrogen and oxygen atoms in total.